The van der Waals surface area contributed by atoms with E-state index in [0.29, 0.717) is 31.6 Å². The van der Waals surface area contributed by atoms with E-state index in [1.54, 1.807) is 0 Å². The molecule has 106 valence electrons. The number of nitrogens with two attached hydrogens (primary N) is 1. The average molecular weight is 274 g/mol. The van der Waals surface area contributed by atoms with E-state index in [4.69, 9.17) is 5.73 Å². The number of nitrogens with zero attached hydrogens (tertiary/aromatic N) is 1. The second-order valence-corrected chi connectivity index (χ2v) is 5.24. The smallest absolute Gasteiger partial charge is 0.239 e. The van der Waals surface area contributed by atoms with Crippen molar-refractivity contribution in [3.63, 3.8) is 0 Å². The van der Waals surface area contributed by atoms with Crippen LogP contribution in [0.25, 0.3) is 0 Å². The maximum Gasteiger partial charge on any atom is 0.239 e. The van der Waals surface area contributed by atoms with Crippen molar-refractivity contribution in [2.45, 2.75) is 19.3 Å². The molecule has 0 radical (unpaired) electrons. The van der Waals surface area contributed by atoms with E-state index in [9.17, 15) is 9.59 Å². The molecule has 2 heterocycles. The molecule has 0 aliphatic carbocycles. The lowest BCUT2D eigenvalue weighted by atomic mass is 10.0. The zero-order chi connectivity index (χ0) is 14.1. The van der Waals surface area contributed by atoms with Gasteiger partial charge in [-0.3, -0.25) is 9.59 Å². The summed E-state index contributed by atoms with van der Waals surface area (Å²) in [5, 5.41) is 5.71. The predicted molar refractivity (Wildman–Crippen MR) is 77.6 cm³/mol. The monoisotopic (exact) mass is 274 g/mol. The molecule has 6 heteroatoms. The summed E-state index contributed by atoms with van der Waals surface area (Å²) in [5.74, 6) is 0.0329. The highest BCUT2D eigenvalue weighted by Crippen LogP contribution is 2.33. The first kappa shape index (κ1) is 12.8. The van der Waals surface area contributed by atoms with E-state index < -0.39 is 0 Å². The Hall–Kier alpha value is -2.24. The third-order valence-corrected chi connectivity index (χ3v) is 3.75. The van der Waals surface area contributed by atoms with Crippen LogP contribution in [0.5, 0.6) is 0 Å². The zero-order valence-corrected chi connectivity index (χ0v) is 11.2. The third-order valence-electron chi connectivity index (χ3n) is 3.75. The molecule has 3 rings (SSSR count). The van der Waals surface area contributed by atoms with Crippen molar-refractivity contribution in [1.29, 1.82) is 0 Å². The summed E-state index contributed by atoms with van der Waals surface area (Å²) >= 11 is 0. The van der Waals surface area contributed by atoms with Crippen molar-refractivity contribution >= 4 is 28.9 Å². The standard InChI is InChI=1S/C14H18N4O2/c15-10-6-9-2-3-13(19)17-11(9)7-12(10)18-5-1-4-16-14(20)8-18/h6-7H,1-5,8,15H2,(H,16,20)(H,17,19). The number of carbonyl (C=O) groups is 2. The molecular formula is C14H18N4O2. The fourth-order valence-corrected chi connectivity index (χ4v) is 2.72. The molecule has 1 saturated heterocycles. The van der Waals surface area contributed by atoms with Gasteiger partial charge >= 0.3 is 0 Å². The van der Waals surface area contributed by atoms with Crippen molar-refractivity contribution in [2.24, 2.45) is 0 Å². The molecule has 1 fully saturated rings. The molecule has 0 saturated carbocycles. The summed E-state index contributed by atoms with van der Waals surface area (Å²) in [7, 11) is 0. The van der Waals surface area contributed by atoms with E-state index in [2.05, 4.69) is 10.6 Å². The van der Waals surface area contributed by atoms with Crippen LogP contribution in [0, 0.1) is 0 Å². The maximum absolute atomic E-state index is 11.7. The summed E-state index contributed by atoms with van der Waals surface area (Å²) in [6, 6.07) is 3.80. The minimum atomic E-state index is 0.00339. The zero-order valence-electron chi connectivity index (χ0n) is 11.2. The topological polar surface area (TPSA) is 87.5 Å². The summed E-state index contributed by atoms with van der Waals surface area (Å²) < 4.78 is 0. The van der Waals surface area contributed by atoms with E-state index in [0.717, 1.165) is 29.9 Å². The lowest BCUT2D eigenvalue weighted by molar-refractivity contribution is -0.119. The first-order chi connectivity index (χ1) is 9.63. The van der Waals surface area contributed by atoms with Gasteiger partial charge in [0.25, 0.3) is 0 Å². The van der Waals surface area contributed by atoms with Crippen molar-refractivity contribution < 1.29 is 9.59 Å². The predicted octanol–water partition coefficient (Wildman–Crippen LogP) is 0.480. The summed E-state index contributed by atoms with van der Waals surface area (Å²) in [6.45, 7) is 1.77. The van der Waals surface area contributed by atoms with Gasteiger partial charge in [0.2, 0.25) is 11.8 Å². The first-order valence-corrected chi connectivity index (χ1v) is 6.87. The lowest BCUT2D eigenvalue weighted by Crippen LogP contribution is -2.33. The van der Waals surface area contributed by atoms with Gasteiger partial charge in [-0.2, -0.15) is 0 Å². The van der Waals surface area contributed by atoms with Crippen LogP contribution in [0.3, 0.4) is 0 Å². The van der Waals surface area contributed by atoms with Crippen LogP contribution in [-0.2, 0) is 16.0 Å². The Morgan fingerprint density at radius 3 is 2.85 bits per heavy atom. The fourth-order valence-electron chi connectivity index (χ4n) is 2.72. The maximum atomic E-state index is 11.7. The quantitative estimate of drug-likeness (QED) is 0.650. The molecule has 2 amide bonds. The molecule has 0 aromatic heterocycles. The molecule has 1 aromatic rings. The number of nitrogen functional groups attached to an aromatic ring is 1. The molecule has 0 unspecified atom stereocenters. The number of hydrogen-bond acceptors (Lipinski definition) is 4. The van der Waals surface area contributed by atoms with Crippen molar-refractivity contribution in [3.05, 3.63) is 17.7 Å². The normalized spacial score (nSPS) is 18.9. The van der Waals surface area contributed by atoms with Gasteiger partial charge in [0.05, 0.1) is 17.9 Å². The van der Waals surface area contributed by atoms with Crippen LogP contribution < -0.4 is 21.3 Å². The van der Waals surface area contributed by atoms with Crippen molar-refractivity contribution in [3.8, 4) is 0 Å². The van der Waals surface area contributed by atoms with E-state index in [1.165, 1.54) is 0 Å². The van der Waals surface area contributed by atoms with Crippen LogP contribution in [0.1, 0.15) is 18.4 Å². The lowest BCUT2D eigenvalue weighted by Gasteiger charge is -2.26. The summed E-state index contributed by atoms with van der Waals surface area (Å²) in [6.07, 6.45) is 2.10. The molecule has 1 aromatic carbocycles. The number of anilines is 3. The van der Waals surface area contributed by atoms with Gasteiger partial charge in [-0.25, -0.2) is 0 Å². The second kappa shape index (κ2) is 5.03. The number of aryl methyl sites for hydroxylation is 1. The number of hydrogen-bond donors (Lipinski definition) is 3. The minimum absolute atomic E-state index is 0.00339. The molecule has 4 N–H and O–H groups in total. The number of fused-ring (bicyclic) bond motifs is 1. The van der Waals surface area contributed by atoms with Crippen LogP contribution in [-0.4, -0.2) is 31.4 Å². The van der Waals surface area contributed by atoms with Gasteiger partial charge in [0.1, 0.15) is 0 Å². The Morgan fingerprint density at radius 1 is 1.15 bits per heavy atom. The SMILES string of the molecule is Nc1cc2c(cc1N1CCCNC(=O)C1)NC(=O)CC2. The van der Waals surface area contributed by atoms with E-state index >= 15 is 0 Å². The molecule has 2 aliphatic rings. The van der Waals surface area contributed by atoms with E-state index in [1.807, 2.05) is 17.0 Å². The Bertz CT molecular complexity index is 571. The van der Waals surface area contributed by atoms with Crippen LogP contribution >= 0.6 is 0 Å². The molecule has 6 nitrogen and oxygen atoms in total. The first-order valence-electron chi connectivity index (χ1n) is 6.87. The van der Waals surface area contributed by atoms with Crippen LogP contribution in [0.15, 0.2) is 12.1 Å². The fraction of sp³-hybridized carbons (Fsp3) is 0.429. The summed E-state index contributed by atoms with van der Waals surface area (Å²) in [4.78, 5) is 25.1. The van der Waals surface area contributed by atoms with Crippen LogP contribution in [0.2, 0.25) is 0 Å². The van der Waals surface area contributed by atoms with Gasteiger partial charge in [-0.05, 0) is 30.5 Å². The van der Waals surface area contributed by atoms with Gasteiger partial charge < -0.3 is 21.3 Å². The highest BCUT2D eigenvalue weighted by Gasteiger charge is 2.21. The highest BCUT2D eigenvalue weighted by atomic mass is 16.2. The van der Waals surface area contributed by atoms with Gasteiger partial charge in [-0.15, -0.1) is 0 Å². The molecule has 0 bridgehead atoms. The average Bonchev–Trinajstić information content (AvgIpc) is 2.63. The van der Waals surface area contributed by atoms with E-state index in [-0.39, 0.29) is 11.8 Å². The van der Waals surface area contributed by atoms with Crippen LogP contribution in [0.4, 0.5) is 17.1 Å². The molecule has 0 atom stereocenters. The molecular weight excluding hydrogens is 256 g/mol. The second-order valence-electron chi connectivity index (χ2n) is 5.24. The number of amides is 2. The number of rotatable bonds is 1. The van der Waals surface area contributed by atoms with Gasteiger partial charge in [-0.1, -0.05) is 0 Å². The van der Waals surface area contributed by atoms with Gasteiger partial charge in [0.15, 0.2) is 0 Å². The molecule has 0 spiro atoms. The molecule has 20 heavy (non-hydrogen) atoms. The minimum Gasteiger partial charge on any atom is -0.397 e. The number of carbonyl (C=O) groups excluding carboxylic acids is 2. The largest absolute Gasteiger partial charge is 0.397 e. The van der Waals surface area contributed by atoms with Crippen molar-refractivity contribution in [2.75, 3.05) is 35.6 Å². The Labute approximate surface area is 117 Å². The highest BCUT2D eigenvalue weighted by molar-refractivity contribution is 5.96. The van der Waals surface area contributed by atoms with Crippen molar-refractivity contribution in [1.82, 2.24) is 5.32 Å². The molecule has 2 aliphatic heterocycles. The number of nitrogens with one attached hydrogen (secondary N) is 2. The number of benzene rings is 1. The third kappa shape index (κ3) is 2.41. The Kier molecular flexibility index (Phi) is 3.22. The summed E-state index contributed by atoms with van der Waals surface area (Å²) in [5.41, 5.74) is 9.48. The Morgan fingerprint density at radius 2 is 2.00 bits per heavy atom. The Balaban J connectivity index is 1.94. The van der Waals surface area contributed by atoms with Gasteiger partial charge in [0, 0.05) is 25.2 Å².